The van der Waals surface area contributed by atoms with Gasteiger partial charge < -0.3 is 19.9 Å². The van der Waals surface area contributed by atoms with Crippen LogP contribution >= 0.6 is 0 Å². The summed E-state index contributed by atoms with van der Waals surface area (Å²) >= 11 is 0. The average Bonchev–Trinajstić information content (AvgIpc) is 3.09. The SMILES string of the molecule is Cc1nnc(CN=C(NCC(C)(C)N2CCOCC2)NC(C)c2ccccc2)n1C. The number of nitrogens with zero attached hydrogens (tertiary/aromatic N) is 5. The standard InChI is InChI=1S/C22H35N7O/c1-17(19-9-7-6-8-10-19)25-21(23-15-20-27-26-18(2)28(20)5)24-16-22(3,4)29-11-13-30-14-12-29/h6-10,17H,11-16H2,1-5H3,(H2,23,24,25). The van der Waals surface area contributed by atoms with E-state index in [0.717, 1.165) is 50.5 Å². The van der Waals surface area contributed by atoms with Crippen LogP contribution in [0.3, 0.4) is 0 Å². The molecule has 8 nitrogen and oxygen atoms in total. The van der Waals surface area contributed by atoms with Crippen LogP contribution in [0, 0.1) is 6.92 Å². The summed E-state index contributed by atoms with van der Waals surface area (Å²) in [5.74, 6) is 2.50. The molecular formula is C22H35N7O. The molecule has 164 valence electrons. The highest BCUT2D eigenvalue weighted by molar-refractivity contribution is 5.80. The van der Waals surface area contributed by atoms with Gasteiger partial charge in [0.2, 0.25) is 0 Å². The molecule has 0 aliphatic carbocycles. The van der Waals surface area contributed by atoms with Gasteiger partial charge in [-0.15, -0.1) is 10.2 Å². The van der Waals surface area contributed by atoms with Crippen LogP contribution in [0.15, 0.2) is 35.3 Å². The first kappa shape index (κ1) is 22.2. The lowest BCUT2D eigenvalue weighted by molar-refractivity contribution is -0.00835. The quantitative estimate of drug-likeness (QED) is 0.534. The van der Waals surface area contributed by atoms with Crippen molar-refractivity contribution in [3.63, 3.8) is 0 Å². The van der Waals surface area contributed by atoms with Crippen LogP contribution in [0.25, 0.3) is 0 Å². The van der Waals surface area contributed by atoms with Crippen molar-refractivity contribution in [1.29, 1.82) is 0 Å². The molecule has 1 aliphatic rings. The zero-order valence-corrected chi connectivity index (χ0v) is 18.9. The van der Waals surface area contributed by atoms with Gasteiger partial charge in [-0.05, 0) is 33.3 Å². The van der Waals surface area contributed by atoms with E-state index in [2.05, 4.69) is 70.8 Å². The maximum Gasteiger partial charge on any atom is 0.192 e. The molecule has 2 aromatic rings. The van der Waals surface area contributed by atoms with E-state index >= 15 is 0 Å². The lowest BCUT2D eigenvalue weighted by Gasteiger charge is -2.41. The van der Waals surface area contributed by atoms with Crippen molar-refractivity contribution in [3.05, 3.63) is 47.5 Å². The lowest BCUT2D eigenvalue weighted by atomic mass is 10.0. The third-order valence-corrected chi connectivity index (χ3v) is 5.77. The smallest absolute Gasteiger partial charge is 0.192 e. The van der Waals surface area contributed by atoms with Crippen LogP contribution in [0.4, 0.5) is 0 Å². The third-order valence-electron chi connectivity index (χ3n) is 5.77. The Bertz CT molecular complexity index is 825. The van der Waals surface area contributed by atoms with Gasteiger partial charge in [-0.25, -0.2) is 4.99 Å². The molecule has 0 spiro atoms. The lowest BCUT2D eigenvalue weighted by Crippen LogP contribution is -2.56. The first-order chi connectivity index (χ1) is 14.4. The Morgan fingerprint density at radius 3 is 2.53 bits per heavy atom. The Balaban J connectivity index is 1.70. The molecule has 1 atom stereocenters. The second kappa shape index (κ2) is 10.0. The molecular weight excluding hydrogens is 378 g/mol. The van der Waals surface area contributed by atoms with Gasteiger partial charge in [0.15, 0.2) is 11.8 Å². The van der Waals surface area contributed by atoms with Crippen molar-refractivity contribution in [2.24, 2.45) is 12.0 Å². The maximum absolute atomic E-state index is 5.51. The fourth-order valence-electron chi connectivity index (χ4n) is 3.50. The zero-order valence-electron chi connectivity index (χ0n) is 18.9. The first-order valence-corrected chi connectivity index (χ1v) is 10.6. The second-order valence-electron chi connectivity index (χ2n) is 8.43. The first-order valence-electron chi connectivity index (χ1n) is 10.6. The molecule has 1 aromatic heterocycles. The topological polar surface area (TPSA) is 79.6 Å². The molecule has 0 radical (unpaired) electrons. The zero-order chi connectivity index (χ0) is 21.6. The number of ether oxygens (including phenoxy) is 1. The van der Waals surface area contributed by atoms with E-state index in [0.29, 0.717) is 6.54 Å². The highest BCUT2D eigenvalue weighted by Crippen LogP contribution is 2.16. The number of aryl methyl sites for hydroxylation is 1. The van der Waals surface area contributed by atoms with E-state index in [9.17, 15) is 0 Å². The van der Waals surface area contributed by atoms with Gasteiger partial charge in [0.1, 0.15) is 12.4 Å². The maximum atomic E-state index is 5.51. The van der Waals surface area contributed by atoms with Gasteiger partial charge in [0, 0.05) is 32.2 Å². The fraction of sp³-hybridized carbons (Fsp3) is 0.591. The normalized spacial score (nSPS) is 17.0. The van der Waals surface area contributed by atoms with Crippen LogP contribution < -0.4 is 10.6 Å². The van der Waals surface area contributed by atoms with Crippen LogP contribution in [0.1, 0.15) is 44.0 Å². The summed E-state index contributed by atoms with van der Waals surface area (Å²) < 4.78 is 7.48. The van der Waals surface area contributed by atoms with Crippen molar-refractivity contribution >= 4 is 5.96 Å². The average molecular weight is 414 g/mol. The van der Waals surface area contributed by atoms with E-state index in [1.807, 2.05) is 24.6 Å². The Labute approximate surface area is 179 Å². The molecule has 8 heteroatoms. The largest absolute Gasteiger partial charge is 0.379 e. The van der Waals surface area contributed by atoms with Crippen molar-refractivity contribution in [3.8, 4) is 0 Å². The summed E-state index contributed by atoms with van der Waals surface area (Å²) in [5, 5.41) is 15.5. The van der Waals surface area contributed by atoms with Crippen molar-refractivity contribution in [2.75, 3.05) is 32.8 Å². The van der Waals surface area contributed by atoms with E-state index < -0.39 is 0 Å². The number of aliphatic imine (C=N–C) groups is 1. The summed E-state index contributed by atoms with van der Waals surface area (Å²) in [7, 11) is 1.97. The molecule has 1 saturated heterocycles. The van der Waals surface area contributed by atoms with Crippen LogP contribution in [-0.2, 0) is 18.3 Å². The molecule has 2 N–H and O–H groups in total. The molecule has 3 rings (SSSR count). The highest BCUT2D eigenvalue weighted by Gasteiger charge is 2.28. The minimum atomic E-state index is -0.0103. The molecule has 1 unspecified atom stereocenters. The van der Waals surface area contributed by atoms with Gasteiger partial charge in [0.05, 0.1) is 19.3 Å². The van der Waals surface area contributed by atoms with Crippen molar-refractivity contribution < 1.29 is 4.74 Å². The molecule has 2 heterocycles. The van der Waals surface area contributed by atoms with Gasteiger partial charge >= 0.3 is 0 Å². The Morgan fingerprint density at radius 1 is 1.20 bits per heavy atom. The molecule has 1 fully saturated rings. The number of benzene rings is 1. The summed E-state index contributed by atoms with van der Waals surface area (Å²) in [6, 6.07) is 10.5. The van der Waals surface area contributed by atoms with E-state index in [1.165, 1.54) is 5.56 Å². The molecule has 30 heavy (non-hydrogen) atoms. The van der Waals surface area contributed by atoms with Crippen molar-refractivity contribution in [2.45, 2.75) is 45.8 Å². The van der Waals surface area contributed by atoms with Gasteiger partial charge in [-0.2, -0.15) is 0 Å². The number of hydrogen-bond acceptors (Lipinski definition) is 5. The summed E-state index contributed by atoms with van der Waals surface area (Å²) in [5.41, 5.74) is 1.21. The number of guanidine groups is 1. The molecule has 1 aliphatic heterocycles. The van der Waals surface area contributed by atoms with Gasteiger partial charge in [-0.1, -0.05) is 30.3 Å². The number of aromatic nitrogens is 3. The van der Waals surface area contributed by atoms with Gasteiger partial charge in [0.25, 0.3) is 0 Å². The molecule has 0 saturated carbocycles. The number of morpholine rings is 1. The third kappa shape index (κ3) is 5.79. The van der Waals surface area contributed by atoms with Crippen LogP contribution in [-0.4, -0.2) is 64.0 Å². The molecule has 0 amide bonds. The second-order valence-corrected chi connectivity index (χ2v) is 8.43. The van der Waals surface area contributed by atoms with Crippen LogP contribution in [0.2, 0.25) is 0 Å². The minimum Gasteiger partial charge on any atom is -0.379 e. The Morgan fingerprint density at radius 2 is 1.90 bits per heavy atom. The fourth-order valence-corrected chi connectivity index (χ4v) is 3.50. The Kier molecular flexibility index (Phi) is 7.44. The minimum absolute atomic E-state index is 0.0103. The summed E-state index contributed by atoms with van der Waals surface area (Å²) in [6.45, 7) is 13.3. The predicted octanol–water partition coefficient (Wildman–Crippen LogP) is 2.03. The van der Waals surface area contributed by atoms with Gasteiger partial charge in [-0.3, -0.25) is 4.90 Å². The van der Waals surface area contributed by atoms with E-state index in [4.69, 9.17) is 9.73 Å². The molecule has 0 bridgehead atoms. The number of rotatable bonds is 7. The summed E-state index contributed by atoms with van der Waals surface area (Å²) in [4.78, 5) is 7.28. The number of hydrogen-bond donors (Lipinski definition) is 2. The monoisotopic (exact) mass is 413 g/mol. The Hall–Kier alpha value is -2.45. The predicted molar refractivity (Wildman–Crippen MR) is 119 cm³/mol. The summed E-state index contributed by atoms with van der Waals surface area (Å²) in [6.07, 6.45) is 0. The van der Waals surface area contributed by atoms with E-state index in [1.54, 1.807) is 0 Å². The van der Waals surface area contributed by atoms with Crippen LogP contribution in [0.5, 0.6) is 0 Å². The van der Waals surface area contributed by atoms with Crippen molar-refractivity contribution in [1.82, 2.24) is 30.3 Å². The highest BCUT2D eigenvalue weighted by atomic mass is 16.5. The van der Waals surface area contributed by atoms with E-state index in [-0.39, 0.29) is 11.6 Å². The number of nitrogens with one attached hydrogen (secondary N) is 2. The molecule has 1 aromatic carbocycles.